The van der Waals surface area contributed by atoms with Crippen LogP contribution in [-0.4, -0.2) is 27.0 Å². The third kappa shape index (κ3) is 3.12. The number of nitrogens with zero attached hydrogens (tertiary/aromatic N) is 2. The number of aryl methyl sites for hydroxylation is 1. The summed E-state index contributed by atoms with van der Waals surface area (Å²) in [5.41, 5.74) is 1.02. The van der Waals surface area contributed by atoms with E-state index in [0.717, 1.165) is 5.56 Å². The Balaban J connectivity index is 2.18. The highest BCUT2D eigenvalue weighted by molar-refractivity contribution is 6.04. The van der Waals surface area contributed by atoms with E-state index in [1.807, 2.05) is 13.0 Å². The minimum atomic E-state index is -1.18. The molecule has 2 rings (SSSR count). The third-order valence-electron chi connectivity index (χ3n) is 2.39. The quantitative estimate of drug-likeness (QED) is 0.873. The van der Waals surface area contributed by atoms with Gasteiger partial charge in [-0.15, -0.1) is 0 Å². The van der Waals surface area contributed by atoms with E-state index in [1.165, 1.54) is 18.3 Å². The number of anilines is 1. The Morgan fingerprint density at radius 1 is 1.21 bits per heavy atom. The van der Waals surface area contributed by atoms with Crippen molar-refractivity contribution < 1.29 is 14.7 Å². The van der Waals surface area contributed by atoms with Gasteiger partial charge in [-0.3, -0.25) is 4.79 Å². The summed E-state index contributed by atoms with van der Waals surface area (Å²) in [6.07, 6.45) is 2.91. The van der Waals surface area contributed by atoms with Crippen molar-refractivity contribution in [3.05, 3.63) is 53.5 Å². The van der Waals surface area contributed by atoms with Crippen LogP contribution in [0.5, 0.6) is 0 Å². The van der Waals surface area contributed by atoms with Gasteiger partial charge in [-0.1, -0.05) is 6.07 Å². The fraction of sp³-hybridized carbons (Fsp3) is 0.0769. The number of hydrogen-bond acceptors (Lipinski definition) is 4. The minimum absolute atomic E-state index is 0.176. The van der Waals surface area contributed by atoms with Gasteiger partial charge < -0.3 is 10.4 Å². The Morgan fingerprint density at radius 2 is 2.00 bits per heavy atom. The smallest absolute Gasteiger partial charge is 0.354 e. The largest absolute Gasteiger partial charge is 0.477 e. The van der Waals surface area contributed by atoms with E-state index >= 15 is 0 Å². The molecule has 2 N–H and O–H groups in total. The lowest BCUT2D eigenvalue weighted by molar-refractivity contribution is 0.0690. The van der Waals surface area contributed by atoms with Crippen LogP contribution < -0.4 is 5.32 Å². The van der Waals surface area contributed by atoms with Crippen molar-refractivity contribution in [2.75, 3.05) is 5.32 Å². The van der Waals surface area contributed by atoms with Gasteiger partial charge >= 0.3 is 5.97 Å². The second-order valence-corrected chi connectivity index (χ2v) is 3.91. The Bertz CT molecular complexity index is 623. The predicted molar refractivity (Wildman–Crippen MR) is 68.1 cm³/mol. The molecule has 2 heterocycles. The van der Waals surface area contributed by atoms with Gasteiger partial charge in [-0.05, 0) is 30.7 Å². The molecule has 0 aliphatic heterocycles. The molecule has 0 saturated carbocycles. The molecule has 6 heteroatoms. The number of carboxylic acids is 1. The van der Waals surface area contributed by atoms with Gasteiger partial charge in [0.2, 0.25) is 0 Å². The summed E-state index contributed by atoms with van der Waals surface area (Å²) in [6, 6.07) is 6.15. The third-order valence-corrected chi connectivity index (χ3v) is 2.39. The molecule has 2 aromatic rings. The Hall–Kier alpha value is -2.76. The van der Waals surface area contributed by atoms with Gasteiger partial charge in [0, 0.05) is 18.0 Å². The van der Waals surface area contributed by atoms with Gasteiger partial charge in [0.15, 0.2) is 0 Å². The molecule has 0 aliphatic carbocycles. The van der Waals surface area contributed by atoms with Crippen molar-refractivity contribution >= 4 is 17.7 Å². The second-order valence-electron chi connectivity index (χ2n) is 3.91. The molecule has 0 unspecified atom stereocenters. The predicted octanol–water partition coefficient (Wildman–Crippen LogP) is 1.74. The van der Waals surface area contributed by atoms with Crippen molar-refractivity contribution in [3.63, 3.8) is 0 Å². The van der Waals surface area contributed by atoms with Crippen LogP contribution in [0.1, 0.15) is 26.4 Å². The molecule has 1 amide bonds. The summed E-state index contributed by atoms with van der Waals surface area (Å²) in [4.78, 5) is 30.3. The lowest BCUT2D eigenvalue weighted by atomic mass is 10.2. The topological polar surface area (TPSA) is 92.2 Å². The number of rotatable bonds is 3. The van der Waals surface area contributed by atoms with Crippen LogP contribution in [0.25, 0.3) is 0 Å². The van der Waals surface area contributed by atoms with Gasteiger partial charge in [0.05, 0.1) is 0 Å². The number of aromatic carboxylic acids is 1. The van der Waals surface area contributed by atoms with Crippen LogP contribution in [0.3, 0.4) is 0 Å². The van der Waals surface area contributed by atoms with E-state index < -0.39 is 11.9 Å². The van der Waals surface area contributed by atoms with Crippen molar-refractivity contribution in [2.45, 2.75) is 6.92 Å². The molecular weight excluding hydrogens is 246 g/mol. The van der Waals surface area contributed by atoms with Crippen LogP contribution in [-0.2, 0) is 0 Å². The van der Waals surface area contributed by atoms with Crippen molar-refractivity contribution in [1.29, 1.82) is 0 Å². The number of nitrogens with one attached hydrogen (secondary N) is 1. The molecule has 0 radical (unpaired) electrons. The van der Waals surface area contributed by atoms with E-state index in [9.17, 15) is 9.59 Å². The lowest BCUT2D eigenvalue weighted by Gasteiger charge is -2.05. The molecule has 0 bridgehead atoms. The minimum Gasteiger partial charge on any atom is -0.477 e. The first kappa shape index (κ1) is 12.7. The van der Waals surface area contributed by atoms with Crippen LogP contribution >= 0.6 is 0 Å². The summed E-state index contributed by atoms with van der Waals surface area (Å²) >= 11 is 0. The molecular formula is C13H11N3O3. The number of amides is 1. The van der Waals surface area contributed by atoms with Crippen LogP contribution in [0, 0.1) is 6.92 Å². The average Bonchev–Trinajstić information content (AvgIpc) is 2.41. The fourth-order valence-electron chi connectivity index (χ4n) is 1.42. The molecule has 96 valence electrons. The number of hydrogen-bond donors (Lipinski definition) is 2. The van der Waals surface area contributed by atoms with E-state index in [2.05, 4.69) is 15.3 Å². The number of carbonyl (C=O) groups excluding carboxylic acids is 1. The highest BCUT2D eigenvalue weighted by atomic mass is 16.4. The summed E-state index contributed by atoms with van der Waals surface area (Å²) < 4.78 is 0. The normalized spacial score (nSPS) is 9.95. The molecule has 0 atom stereocenters. The zero-order valence-corrected chi connectivity index (χ0v) is 10.1. The molecule has 0 spiro atoms. The summed E-state index contributed by atoms with van der Waals surface area (Å²) in [7, 11) is 0. The second kappa shape index (κ2) is 5.26. The molecule has 0 aromatic carbocycles. The van der Waals surface area contributed by atoms with E-state index in [-0.39, 0.29) is 11.3 Å². The Kier molecular flexibility index (Phi) is 3.51. The Labute approximate surface area is 109 Å². The molecule has 19 heavy (non-hydrogen) atoms. The van der Waals surface area contributed by atoms with E-state index in [0.29, 0.717) is 5.82 Å². The van der Waals surface area contributed by atoms with Crippen LogP contribution in [0.2, 0.25) is 0 Å². The molecule has 0 saturated heterocycles. The number of carbonyl (C=O) groups is 2. The highest BCUT2D eigenvalue weighted by Crippen LogP contribution is 2.08. The average molecular weight is 257 g/mol. The molecule has 6 nitrogen and oxygen atoms in total. The van der Waals surface area contributed by atoms with E-state index in [4.69, 9.17) is 5.11 Å². The maximum atomic E-state index is 11.9. The molecule has 0 aliphatic rings. The number of aromatic nitrogens is 2. The maximum absolute atomic E-state index is 11.9. The van der Waals surface area contributed by atoms with Gasteiger partial charge in [-0.25, -0.2) is 14.8 Å². The first-order chi connectivity index (χ1) is 9.06. The van der Waals surface area contributed by atoms with Crippen molar-refractivity contribution in [3.8, 4) is 0 Å². The standard InChI is InChI=1S/C13H11N3O3/c1-8-2-3-11(15-7-8)16-12(17)9-4-5-14-10(6-9)13(18)19/h2-7H,1H3,(H,18,19)(H,15,16,17). The van der Waals surface area contributed by atoms with Gasteiger partial charge in [0.1, 0.15) is 11.5 Å². The first-order valence-corrected chi connectivity index (χ1v) is 5.49. The first-order valence-electron chi connectivity index (χ1n) is 5.49. The number of carboxylic acid groups (broad SMARTS) is 1. The zero-order valence-electron chi connectivity index (χ0n) is 10.1. The van der Waals surface area contributed by atoms with Gasteiger partial charge in [-0.2, -0.15) is 0 Å². The van der Waals surface area contributed by atoms with Crippen LogP contribution in [0.4, 0.5) is 5.82 Å². The highest BCUT2D eigenvalue weighted by Gasteiger charge is 2.11. The summed E-state index contributed by atoms with van der Waals surface area (Å²) in [5, 5.41) is 11.4. The van der Waals surface area contributed by atoms with Crippen LogP contribution in [0.15, 0.2) is 36.7 Å². The summed E-state index contributed by atoms with van der Waals surface area (Å²) in [6.45, 7) is 1.89. The van der Waals surface area contributed by atoms with E-state index in [1.54, 1.807) is 12.3 Å². The molecule has 2 aromatic heterocycles. The maximum Gasteiger partial charge on any atom is 0.354 e. The van der Waals surface area contributed by atoms with Crippen molar-refractivity contribution in [1.82, 2.24) is 9.97 Å². The lowest BCUT2D eigenvalue weighted by Crippen LogP contribution is -2.14. The monoisotopic (exact) mass is 257 g/mol. The Morgan fingerprint density at radius 3 is 2.63 bits per heavy atom. The fourth-order valence-corrected chi connectivity index (χ4v) is 1.42. The zero-order chi connectivity index (χ0) is 13.8. The summed E-state index contributed by atoms with van der Waals surface area (Å²) in [5.74, 6) is -1.20. The van der Waals surface area contributed by atoms with Crippen molar-refractivity contribution in [2.24, 2.45) is 0 Å². The molecule has 0 fully saturated rings. The van der Waals surface area contributed by atoms with Gasteiger partial charge in [0.25, 0.3) is 5.91 Å². The SMILES string of the molecule is Cc1ccc(NC(=O)c2ccnc(C(=O)O)c2)nc1. The number of pyridine rings is 2.